The molecule has 0 amide bonds. The van der Waals surface area contributed by atoms with E-state index < -0.39 is 0 Å². The zero-order chi connectivity index (χ0) is 36.5. The van der Waals surface area contributed by atoms with Crippen molar-refractivity contribution in [1.29, 1.82) is 0 Å². The second kappa shape index (κ2) is 29.1. The largest absolute Gasteiger partial charge is 1.00 e. The third kappa shape index (κ3) is 28.2. The molecule has 304 valence electrons. The fourth-order valence-electron chi connectivity index (χ4n) is 5.33. The average Bonchev–Trinajstić information content (AvgIpc) is 3.28. The number of ether oxygens (including phenoxy) is 1. The Morgan fingerprint density at radius 1 is 0.720 bits per heavy atom. The Bertz CT molecular complexity index is 929. The molecule has 0 aliphatic carbocycles. The first-order valence-electron chi connectivity index (χ1n) is 18.4. The van der Waals surface area contributed by atoms with Gasteiger partial charge >= 0.3 is 5.97 Å². The van der Waals surface area contributed by atoms with Gasteiger partial charge in [0.25, 0.3) is 0 Å². The van der Waals surface area contributed by atoms with Crippen molar-refractivity contribution in [3.63, 3.8) is 0 Å². The van der Waals surface area contributed by atoms with Gasteiger partial charge in [0.1, 0.15) is 18.8 Å². The van der Waals surface area contributed by atoms with Crippen molar-refractivity contribution in [3.05, 3.63) is 29.8 Å². The van der Waals surface area contributed by atoms with Crippen LogP contribution in [0, 0.1) is 17.8 Å². The van der Waals surface area contributed by atoms with Gasteiger partial charge in [-0.25, -0.2) is 0 Å². The minimum absolute atomic E-state index is 0. The van der Waals surface area contributed by atoms with Crippen molar-refractivity contribution in [2.75, 3.05) is 104 Å². The maximum Gasteiger partial charge on any atom is 0.308 e. The van der Waals surface area contributed by atoms with E-state index in [1.165, 1.54) is 54.5 Å². The van der Waals surface area contributed by atoms with Gasteiger partial charge in [-0.1, -0.05) is 60.6 Å². The van der Waals surface area contributed by atoms with Crippen LogP contribution in [-0.2, 0) is 9.53 Å². The molecule has 0 spiro atoms. The predicted octanol–water partition coefficient (Wildman–Crippen LogP) is -3.69. The highest BCUT2D eigenvalue weighted by molar-refractivity contribution is 5.71. The molecular weight excluding hydrogens is 710 g/mol. The third-order valence-electron chi connectivity index (χ3n) is 9.96. The minimum atomic E-state index is -0.0732. The fraction of sp³-hybridized carbons (Fsp3) is 0.825. The van der Waals surface area contributed by atoms with Gasteiger partial charge < -0.3 is 67.8 Å². The van der Waals surface area contributed by atoms with Crippen LogP contribution >= 0.6 is 0 Å². The number of likely N-dealkylation sites (tertiary alicyclic amines) is 1. The van der Waals surface area contributed by atoms with Gasteiger partial charge in [0.05, 0.1) is 103 Å². The molecule has 1 fully saturated rings. The summed E-state index contributed by atoms with van der Waals surface area (Å²) in [6, 6.07) is 9.78. The molecule has 6 nitrogen and oxygen atoms in total. The van der Waals surface area contributed by atoms with Crippen molar-refractivity contribution in [2.45, 2.75) is 99.5 Å². The van der Waals surface area contributed by atoms with Crippen LogP contribution in [0.1, 0.15) is 99.0 Å². The molecule has 5 atom stereocenters. The zero-order valence-electron chi connectivity index (χ0n) is 36.2. The first kappa shape index (κ1) is 61.7. The number of carbonyl (C=O) groups excluding carboxylic acids is 1. The molecule has 1 aliphatic heterocycles. The monoisotopic (exact) mass is 793 g/mol. The molecule has 10 heteroatoms. The van der Waals surface area contributed by atoms with Crippen LogP contribution in [-0.4, -0.2) is 129 Å². The highest BCUT2D eigenvalue weighted by atomic mass is 35.5. The molecule has 2 rings (SSSR count). The van der Waals surface area contributed by atoms with E-state index in [0.717, 1.165) is 44.3 Å². The van der Waals surface area contributed by atoms with Gasteiger partial charge in [-0.3, -0.25) is 9.28 Å². The van der Waals surface area contributed by atoms with E-state index in [9.17, 15) is 4.79 Å². The smallest absolute Gasteiger partial charge is 0.308 e. The van der Waals surface area contributed by atoms with E-state index in [1.807, 2.05) is 13.8 Å². The van der Waals surface area contributed by atoms with Gasteiger partial charge in [-0.05, 0) is 62.6 Å². The van der Waals surface area contributed by atoms with Crippen LogP contribution in [0.2, 0.25) is 0 Å². The quantitative estimate of drug-likeness (QED) is 0.161. The lowest BCUT2D eigenvalue weighted by Crippen LogP contribution is -3.00. The maximum atomic E-state index is 11.2. The minimum Gasteiger partial charge on any atom is -1.00 e. The number of likely N-dealkylation sites (N-methyl/N-ethyl adjacent to an activating group) is 1. The van der Waals surface area contributed by atoms with Crippen molar-refractivity contribution in [2.24, 2.45) is 17.8 Å². The summed E-state index contributed by atoms with van der Waals surface area (Å²) in [5.74, 6) is 2.63. The number of esters is 1. The average molecular weight is 795 g/mol. The van der Waals surface area contributed by atoms with E-state index in [4.69, 9.17) is 4.74 Å². The molecule has 1 aromatic carbocycles. The van der Waals surface area contributed by atoms with Crippen molar-refractivity contribution >= 4 is 11.7 Å². The second-order valence-corrected chi connectivity index (χ2v) is 17.4. The molecule has 1 aliphatic rings. The Morgan fingerprint density at radius 2 is 1.14 bits per heavy atom. The molecule has 50 heavy (non-hydrogen) atoms. The molecule has 1 saturated heterocycles. The zero-order valence-corrected chi connectivity index (χ0v) is 39.2. The number of quaternary nitrogens is 4. The Balaban J connectivity index is -0.000000128. The molecule has 1 aromatic rings. The highest BCUT2D eigenvalue weighted by Gasteiger charge is 2.37. The van der Waals surface area contributed by atoms with Crippen LogP contribution < -0.4 is 54.1 Å². The summed E-state index contributed by atoms with van der Waals surface area (Å²) in [5, 5.41) is 0. The molecular formula is C40H84Cl4N4O2. The van der Waals surface area contributed by atoms with Crippen molar-refractivity contribution < 1.29 is 72.6 Å². The standard InChI is InChI=1S/C13H22N.C10H22NO2.C10H22N.C7H18N.4ClH/c1-6-11(2)12-7-9-13(10-8-12)14(3,4)5;1-6-9(2)10(12)13-8-7-11(3,4)5;1-5-9-7-11(3,4)8-10(9)6-2;1-6-7(2)8(3,4)5;;;;/h7-11H,6H2,1-5H3;9H,6-8H2,1-5H3;9-10H,5-8H2,1-4H3;7H,6H2,1-5H3;4*1H/q4*+1;;;;/p-4. The lowest BCUT2D eigenvalue weighted by Gasteiger charge is -2.30. The number of rotatable bonds is 12. The first-order chi connectivity index (χ1) is 20.9. The molecule has 5 unspecified atom stereocenters. The first-order valence-corrected chi connectivity index (χ1v) is 18.4. The summed E-state index contributed by atoms with van der Waals surface area (Å²) in [6.07, 6.45) is 6.08. The maximum absolute atomic E-state index is 11.2. The van der Waals surface area contributed by atoms with E-state index in [0.29, 0.717) is 12.5 Å². The molecule has 1 heterocycles. The summed E-state index contributed by atoms with van der Waals surface area (Å²) in [7, 11) is 24.2. The van der Waals surface area contributed by atoms with E-state index >= 15 is 0 Å². The van der Waals surface area contributed by atoms with Crippen molar-refractivity contribution in [3.8, 4) is 0 Å². The lowest BCUT2D eigenvalue weighted by atomic mass is 9.92. The van der Waals surface area contributed by atoms with Gasteiger partial charge in [0, 0.05) is 11.8 Å². The van der Waals surface area contributed by atoms with E-state index in [2.05, 4.69) is 143 Å². The fourth-order valence-corrected chi connectivity index (χ4v) is 5.33. The van der Waals surface area contributed by atoms with Crippen molar-refractivity contribution in [1.82, 2.24) is 4.48 Å². The Morgan fingerprint density at radius 3 is 1.40 bits per heavy atom. The number of nitrogens with zero attached hydrogens (tertiary/aromatic N) is 4. The summed E-state index contributed by atoms with van der Waals surface area (Å²) >= 11 is 0. The summed E-state index contributed by atoms with van der Waals surface area (Å²) < 4.78 is 9.16. The predicted molar refractivity (Wildman–Crippen MR) is 205 cm³/mol. The second-order valence-electron chi connectivity index (χ2n) is 17.4. The molecule has 0 N–H and O–H groups in total. The summed E-state index contributed by atoms with van der Waals surface area (Å²) in [6.45, 7) is 21.8. The topological polar surface area (TPSA) is 26.3 Å². The number of halogens is 4. The lowest BCUT2D eigenvalue weighted by molar-refractivity contribution is -0.894. The molecule has 0 bridgehead atoms. The summed E-state index contributed by atoms with van der Waals surface area (Å²) in [4.78, 5) is 11.2. The van der Waals surface area contributed by atoms with Crippen LogP contribution in [0.4, 0.5) is 5.69 Å². The highest BCUT2D eigenvalue weighted by Crippen LogP contribution is 2.31. The Labute approximate surface area is 338 Å². The number of hydrogen-bond donors (Lipinski definition) is 0. The van der Waals surface area contributed by atoms with Gasteiger partial charge in [-0.15, -0.1) is 0 Å². The Kier molecular flexibility index (Phi) is 35.9. The van der Waals surface area contributed by atoms with Crippen LogP contribution in [0.25, 0.3) is 0 Å². The number of hydrogen-bond acceptors (Lipinski definition) is 2. The van der Waals surface area contributed by atoms with Crippen LogP contribution in [0.3, 0.4) is 0 Å². The molecule has 0 radical (unpaired) electrons. The van der Waals surface area contributed by atoms with E-state index in [-0.39, 0.29) is 61.5 Å². The van der Waals surface area contributed by atoms with E-state index in [1.54, 1.807) is 0 Å². The summed E-state index contributed by atoms with van der Waals surface area (Å²) in [5.41, 5.74) is 2.81. The molecule has 0 aromatic heterocycles. The normalized spacial score (nSPS) is 18.1. The third-order valence-corrected chi connectivity index (χ3v) is 9.96. The van der Waals surface area contributed by atoms with Gasteiger partial charge in [0.15, 0.2) is 0 Å². The Hall–Kier alpha value is -0.310. The van der Waals surface area contributed by atoms with Crippen LogP contribution in [0.15, 0.2) is 24.3 Å². The molecule has 0 saturated carbocycles. The number of benzene rings is 1. The SMILES string of the molecule is CCC(C)C(=O)OCC[N+](C)(C)C.CCC(C)[N+](C)(C)C.CCC(C)c1ccc([N+](C)(C)C)cc1.CCC1C[N+](C)(C)CC1CC.[Cl-].[Cl-].[Cl-].[Cl-]. The van der Waals surface area contributed by atoms with Gasteiger partial charge in [0.2, 0.25) is 0 Å². The van der Waals surface area contributed by atoms with Gasteiger partial charge in [-0.2, -0.15) is 0 Å². The van der Waals surface area contributed by atoms with Crippen LogP contribution in [0.5, 0.6) is 0 Å². The number of carbonyl (C=O) groups is 1.